The van der Waals surface area contributed by atoms with Crippen LogP contribution in [0.4, 0.5) is 21.0 Å². The summed E-state index contributed by atoms with van der Waals surface area (Å²) < 4.78 is 24.3. The molecule has 2 N–H and O–H groups in total. The van der Waals surface area contributed by atoms with Gasteiger partial charge in [0.25, 0.3) is 0 Å². The van der Waals surface area contributed by atoms with E-state index in [1.165, 1.54) is 0 Å². The quantitative estimate of drug-likeness (QED) is 0.138. The van der Waals surface area contributed by atoms with Crippen molar-refractivity contribution in [3.8, 4) is 11.5 Å². The summed E-state index contributed by atoms with van der Waals surface area (Å²) >= 11 is 0. The third kappa shape index (κ3) is 8.03. The van der Waals surface area contributed by atoms with Crippen molar-refractivity contribution in [2.24, 2.45) is 0 Å². The molecule has 0 spiro atoms. The van der Waals surface area contributed by atoms with E-state index >= 15 is 0 Å². The van der Waals surface area contributed by atoms with Crippen LogP contribution in [0.5, 0.6) is 11.5 Å². The smallest absolute Gasteiger partial charge is 0.412 e. The van der Waals surface area contributed by atoms with Gasteiger partial charge in [0.15, 0.2) is 0 Å². The number of carbonyl (C=O) groups excluding carboxylic acids is 2. The Kier molecular flexibility index (Phi) is 10.4. The summed E-state index contributed by atoms with van der Waals surface area (Å²) in [6.07, 6.45) is -0.837. The van der Waals surface area contributed by atoms with Crippen LogP contribution in [-0.2, 0) is 9.47 Å². The minimum atomic E-state index is -0.532. The van der Waals surface area contributed by atoms with Gasteiger partial charge < -0.3 is 18.9 Å². The Morgan fingerprint density at radius 3 is 1.47 bits per heavy atom. The molecule has 5 aromatic rings. The summed E-state index contributed by atoms with van der Waals surface area (Å²) in [6.45, 7) is 6.28. The highest BCUT2D eigenvalue weighted by molar-refractivity contribution is 6.11. The number of para-hydroxylation sites is 2. The monoisotopic (exact) mass is 606 g/mol. The summed E-state index contributed by atoms with van der Waals surface area (Å²) in [6, 6.07) is 32.4. The lowest BCUT2D eigenvalue weighted by Crippen LogP contribution is -2.27. The van der Waals surface area contributed by atoms with E-state index in [1.807, 2.05) is 93.6 Å². The van der Waals surface area contributed by atoms with Crippen molar-refractivity contribution >= 4 is 45.1 Å². The first-order chi connectivity index (χ1) is 21.9. The Labute approximate surface area is 263 Å². The third-order valence-corrected chi connectivity index (χ3v) is 7.41. The van der Waals surface area contributed by atoms with Crippen LogP contribution in [0, 0.1) is 6.92 Å². The second-order valence-corrected chi connectivity index (χ2v) is 10.7. The van der Waals surface area contributed by atoms with Gasteiger partial charge >= 0.3 is 12.2 Å². The largest absolute Gasteiger partial charge is 0.488 e. The van der Waals surface area contributed by atoms with Crippen LogP contribution < -0.4 is 20.1 Å². The molecule has 0 aliphatic heterocycles. The van der Waals surface area contributed by atoms with Crippen molar-refractivity contribution in [1.82, 2.24) is 0 Å². The lowest BCUT2D eigenvalue weighted by molar-refractivity contribution is 0.0724. The predicted molar refractivity (Wildman–Crippen MR) is 178 cm³/mol. The normalized spacial score (nSPS) is 12.2. The van der Waals surface area contributed by atoms with Crippen LogP contribution in [0.2, 0.25) is 0 Å². The number of benzene rings is 5. The van der Waals surface area contributed by atoms with Gasteiger partial charge in [-0.2, -0.15) is 0 Å². The molecule has 0 aliphatic rings. The first-order valence-electron chi connectivity index (χ1n) is 15.2. The van der Waals surface area contributed by atoms with E-state index < -0.39 is 24.4 Å². The van der Waals surface area contributed by atoms with Gasteiger partial charge in [-0.15, -0.1) is 0 Å². The van der Waals surface area contributed by atoms with Crippen LogP contribution >= 0.6 is 0 Å². The van der Waals surface area contributed by atoms with Gasteiger partial charge in [0.1, 0.15) is 36.9 Å². The van der Waals surface area contributed by atoms with Crippen LogP contribution in [0.15, 0.2) is 103 Å². The van der Waals surface area contributed by atoms with Gasteiger partial charge in [0.05, 0.1) is 0 Å². The number of nitrogens with one attached hydrogen (secondary N) is 2. The molecule has 2 amide bonds. The Morgan fingerprint density at radius 2 is 1.00 bits per heavy atom. The molecular formula is C37H38N2O6. The van der Waals surface area contributed by atoms with E-state index in [0.29, 0.717) is 35.7 Å². The fraction of sp³-hybridized carbons (Fsp3) is 0.243. The number of ether oxygens (including phenoxy) is 4. The highest BCUT2D eigenvalue weighted by atomic mass is 16.6. The van der Waals surface area contributed by atoms with Crippen LogP contribution in [-0.4, -0.2) is 37.6 Å². The maximum Gasteiger partial charge on any atom is 0.412 e. The molecule has 0 saturated carbocycles. The number of hydrogen-bond acceptors (Lipinski definition) is 6. The van der Waals surface area contributed by atoms with Gasteiger partial charge in [0.2, 0.25) is 0 Å². The van der Waals surface area contributed by atoms with Crippen molar-refractivity contribution in [3.05, 3.63) is 109 Å². The Morgan fingerprint density at radius 1 is 0.578 bits per heavy atom. The number of anilines is 2. The molecule has 0 aliphatic carbocycles. The van der Waals surface area contributed by atoms with Gasteiger partial charge in [-0.3, -0.25) is 10.6 Å². The van der Waals surface area contributed by atoms with E-state index in [1.54, 1.807) is 24.3 Å². The molecule has 2 unspecified atom stereocenters. The zero-order valence-electron chi connectivity index (χ0n) is 25.7. The van der Waals surface area contributed by atoms with Crippen LogP contribution in [0.3, 0.4) is 0 Å². The molecule has 0 heterocycles. The summed E-state index contributed by atoms with van der Waals surface area (Å²) in [7, 11) is 0. The fourth-order valence-electron chi connectivity index (χ4n) is 4.99. The second-order valence-electron chi connectivity index (χ2n) is 10.7. The fourth-order valence-corrected chi connectivity index (χ4v) is 4.99. The van der Waals surface area contributed by atoms with Crippen molar-refractivity contribution in [3.63, 3.8) is 0 Å². The lowest BCUT2D eigenvalue weighted by atomic mass is 9.99. The first-order valence-corrected chi connectivity index (χ1v) is 15.2. The van der Waals surface area contributed by atoms with Gasteiger partial charge in [-0.25, -0.2) is 9.59 Å². The molecule has 8 nitrogen and oxygen atoms in total. The molecule has 0 aromatic heterocycles. The minimum Gasteiger partial charge on any atom is -0.488 e. The lowest BCUT2D eigenvalue weighted by Gasteiger charge is -2.22. The second kappa shape index (κ2) is 15.0. The summed E-state index contributed by atoms with van der Waals surface area (Å²) in [5, 5.41) is 9.00. The topological polar surface area (TPSA) is 95.1 Å². The highest BCUT2D eigenvalue weighted by Gasteiger charge is 2.21. The van der Waals surface area contributed by atoms with Gasteiger partial charge in [-0.1, -0.05) is 92.2 Å². The molecule has 0 saturated heterocycles. The van der Waals surface area contributed by atoms with E-state index in [-0.39, 0.29) is 13.2 Å². The van der Waals surface area contributed by atoms with Gasteiger partial charge in [0, 0.05) is 32.9 Å². The molecule has 8 heteroatoms. The van der Waals surface area contributed by atoms with Gasteiger partial charge in [-0.05, 0) is 50.1 Å². The maximum atomic E-state index is 12.6. The minimum absolute atomic E-state index is 0.175. The number of carbonyl (C=O) groups is 2. The Bertz CT molecular complexity index is 1740. The Balaban J connectivity index is 1.36. The summed E-state index contributed by atoms with van der Waals surface area (Å²) in [5.74, 6) is 1.37. The zero-order valence-corrected chi connectivity index (χ0v) is 25.7. The van der Waals surface area contributed by atoms with E-state index in [9.17, 15) is 9.59 Å². The van der Waals surface area contributed by atoms with E-state index in [4.69, 9.17) is 18.9 Å². The van der Waals surface area contributed by atoms with Crippen molar-refractivity contribution < 1.29 is 28.5 Å². The number of amides is 2. The standard InChI is InChI=1S/C37H38N2O6/c1-4-28(44-36(40)38-26-14-8-6-9-15-26)23-42-34-30-18-12-13-19-31(30)35(33-22-25(3)20-21-32(33)34)43-24-29(5-2)45-37(41)39-27-16-10-7-11-17-27/h6-22,28-29H,4-5,23-24H2,1-3H3,(H,38,40)(H,39,41). The molecule has 45 heavy (non-hydrogen) atoms. The molecule has 232 valence electrons. The average Bonchev–Trinajstić information content (AvgIpc) is 3.05. The molecule has 2 atom stereocenters. The van der Waals surface area contributed by atoms with E-state index in [2.05, 4.69) is 16.7 Å². The SMILES string of the molecule is CCC(COc1c2ccccc2c(OCC(CC)OC(=O)Nc2ccccc2)c2cc(C)ccc12)OC(=O)Nc1ccccc1. The van der Waals surface area contributed by atoms with Crippen molar-refractivity contribution in [2.75, 3.05) is 23.8 Å². The highest BCUT2D eigenvalue weighted by Crippen LogP contribution is 2.43. The zero-order chi connectivity index (χ0) is 31.6. The summed E-state index contributed by atoms with van der Waals surface area (Å²) in [5.41, 5.74) is 2.38. The van der Waals surface area contributed by atoms with Crippen LogP contribution in [0.25, 0.3) is 21.5 Å². The number of hydrogen-bond donors (Lipinski definition) is 2. The third-order valence-electron chi connectivity index (χ3n) is 7.41. The van der Waals surface area contributed by atoms with E-state index in [0.717, 1.165) is 27.1 Å². The summed E-state index contributed by atoms with van der Waals surface area (Å²) in [4.78, 5) is 25.1. The average molecular weight is 607 g/mol. The van der Waals surface area contributed by atoms with Crippen molar-refractivity contribution in [2.45, 2.75) is 45.8 Å². The molecule has 0 fully saturated rings. The maximum absolute atomic E-state index is 12.6. The molecule has 0 bridgehead atoms. The molecular weight excluding hydrogens is 568 g/mol. The Hall–Kier alpha value is -5.24. The molecule has 5 aromatic carbocycles. The number of aryl methyl sites for hydroxylation is 1. The number of fused-ring (bicyclic) bond motifs is 2. The predicted octanol–water partition coefficient (Wildman–Crippen LogP) is 9.11. The number of rotatable bonds is 12. The molecule has 5 rings (SSSR count). The molecule has 0 radical (unpaired) electrons. The van der Waals surface area contributed by atoms with Crippen molar-refractivity contribution in [1.29, 1.82) is 0 Å². The first kappa shape index (κ1) is 31.2. The van der Waals surface area contributed by atoms with Crippen LogP contribution in [0.1, 0.15) is 32.3 Å².